The molecule has 0 saturated carbocycles. The van der Waals surface area contributed by atoms with Crippen LogP contribution in [0.1, 0.15) is 24.8 Å². The molecule has 3 aromatic rings. The van der Waals surface area contributed by atoms with E-state index < -0.39 is 0 Å². The van der Waals surface area contributed by atoms with Gasteiger partial charge in [0.05, 0.1) is 17.1 Å². The lowest BCUT2D eigenvalue weighted by Crippen LogP contribution is -2.43. The number of aromatic nitrogens is 2. The molecule has 1 aliphatic rings. The second-order valence-corrected chi connectivity index (χ2v) is 7.15. The van der Waals surface area contributed by atoms with Gasteiger partial charge in [0, 0.05) is 24.4 Å². The van der Waals surface area contributed by atoms with Crippen LogP contribution < -0.4 is 10.6 Å². The molecular weight excluding hydrogens is 414 g/mol. The summed E-state index contributed by atoms with van der Waals surface area (Å²) in [7, 11) is 1.92. The highest BCUT2D eigenvalue weighted by Crippen LogP contribution is 2.27. The van der Waals surface area contributed by atoms with E-state index in [1.165, 1.54) is 12.1 Å². The summed E-state index contributed by atoms with van der Waals surface area (Å²) in [5.41, 5.74) is 4.21. The topological polar surface area (TPSA) is 59.0 Å². The summed E-state index contributed by atoms with van der Waals surface area (Å²) < 4.78 is 15.4. The number of halogens is 3. The van der Waals surface area contributed by atoms with Crippen molar-refractivity contribution in [2.24, 2.45) is 7.05 Å². The molecule has 1 aromatic heterocycles. The minimum Gasteiger partial charge on any atom is -0.327 e. The van der Waals surface area contributed by atoms with Crippen LogP contribution in [0, 0.1) is 12.7 Å². The Balaban J connectivity index is 0.00000150. The van der Waals surface area contributed by atoms with E-state index in [1.54, 1.807) is 6.07 Å². The maximum absolute atomic E-state index is 13.5. The number of aryl methyl sites for hydroxylation is 2. The Bertz CT molecular complexity index is 1020. The van der Waals surface area contributed by atoms with Gasteiger partial charge < -0.3 is 15.2 Å². The summed E-state index contributed by atoms with van der Waals surface area (Å²) in [5.74, 6) is 0.493. The first-order valence-corrected chi connectivity index (χ1v) is 9.30. The van der Waals surface area contributed by atoms with Crippen molar-refractivity contribution in [3.63, 3.8) is 0 Å². The third kappa shape index (κ3) is 4.71. The third-order valence-corrected chi connectivity index (χ3v) is 5.21. The molecule has 2 aromatic carbocycles. The molecule has 156 valence electrons. The number of amides is 1. The first-order chi connectivity index (χ1) is 13.0. The number of benzene rings is 2. The summed E-state index contributed by atoms with van der Waals surface area (Å²) in [6.45, 7) is 2.86. The van der Waals surface area contributed by atoms with Crippen LogP contribution in [-0.2, 0) is 11.8 Å². The number of hydrogen-bond donors (Lipinski definition) is 2. The van der Waals surface area contributed by atoms with Crippen molar-refractivity contribution in [1.82, 2.24) is 14.9 Å². The molecule has 2 heterocycles. The van der Waals surface area contributed by atoms with Crippen molar-refractivity contribution >= 4 is 47.4 Å². The molecule has 29 heavy (non-hydrogen) atoms. The Hall–Kier alpha value is -2.15. The van der Waals surface area contributed by atoms with Crippen LogP contribution in [0.15, 0.2) is 36.4 Å². The molecule has 0 radical (unpaired) electrons. The fourth-order valence-electron chi connectivity index (χ4n) is 3.67. The first kappa shape index (κ1) is 23.1. The molecule has 5 nitrogen and oxygen atoms in total. The molecule has 1 amide bonds. The quantitative estimate of drug-likeness (QED) is 0.627. The number of rotatable bonds is 3. The van der Waals surface area contributed by atoms with Gasteiger partial charge in [-0.15, -0.1) is 24.8 Å². The van der Waals surface area contributed by atoms with Gasteiger partial charge in [0.1, 0.15) is 11.6 Å². The minimum absolute atomic E-state index is 0. The first-order valence-electron chi connectivity index (χ1n) is 9.30. The van der Waals surface area contributed by atoms with Gasteiger partial charge in [0.15, 0.2) is 0 Å². The summed E-state index contributed by atoms with van der Waals surface area (Å²) in [5, 5.41) is 6.30. The monoisotopic (exact) mass is 438 g/mol. The average Bonchev–Trinajstić information content (AvgIpc) is 3.00. The molecule has 1 fully saturated rings. The van der Waals surface area contributed by atoms with Crippen molar-refractivity contribution in [1.29, 1.82) is 0 Å². The maximum atomic E-state index is 13.5. The van der Waals surface area contributed by atoms with Crippen LogP contribution in [0.5, 0.6) is 0 Å². The van der Waals surface area contributed by atoms with Crippen LogP contribution in [-0.4, -0.2) is 28.0 Å². The van der Waals surface area contributed by atoms with E-state index >= 15 is 0 Å². The van der Waals surface area contributed by atoms with Crippen LogP contribution in [0.25, 0.3) is 22.4 Å². The Morgan fingerprint density at radius 3 is 2.69 bits per heavy atom. The normalized spacial score (nSPS) is 16.0. The van der Waals surface area contributed by atoms with E-state index in [-0.39, 0.29) is 42.6 Å². The van der Waals surface area contributed by atoms with Gasteiger partial charge in [-0.3, -0.25) is 4.79 Å². The van der Waals surface area contributed by atoms with Crippen LogP contribution in [0.3, 0.4) is 0 Å². The fraction of sp³-hybridized carbons (Fsp3) is 0.333. The minimum atomic E-state index is -0.294. The molecule has 1 atom stereocenters. The number of fused-ring (bicyclic) bond motifs is 1. The Kier molecular flexibility index (Phi) is 7.63. The molecule has 4 rings (SSSR count). The second kappa shape index (κ2) is 9.57. The van der Waals surface area contributed by atoms with E-state index in [0.717, 1.165) is 54.0 Å². The van der Waals surface area contributed by atoms with Crippen LogP contribution in [0.2, 0.25) is 0 Å². The van der Waals surface area contributed by atoms with Crippen molar-refractivity contribution in [2.75, 3.05) is 11.9 Å². The fourth-order valence-corrected chi connectivity index (χ4v) is 3.67. The van der Waals surface area contributed by atoms with Gasteiger partial charge in [0.25, 0.3) is 0 Å². The van der Waals surface area contributed by atoms with E-state index in [1.807, 2.05) is 36.7 Å². The van der Waals surface area contributed by atoms with Gasteiger partial charge in [-0.05, 0) is 62.2 Å². The highest BCUT2D eigenvalue weighted by atomic mass is 35.5. The molecule has 2 N–H and O–H groups in total. The van der Waals surface area contributed by atoms with E-state index in [9.17, 15) is 9.18 Å². The average molecular weight is 439 g/mol. The van der Waals surface area contributed by atoms with Gasteiger partial charge in [-0.25, -0.2) is 9.37 Å². The highest BCUT2D eigenvalue weighted by Gasteiger charge is 2.21. The lowest BCUT2D eigenvalue weighted by atomic mass is 10.0. The van der Waals surface area contributed by atoms with Crippen molar-refractivity contribution in [3.05, 3.63) is 47.8 Å². The predicted octanol–water partition coefficient (Wildman–Crippen LogP) is 4.61. The third-order valence-electron chi connectivity index (χ3n) is 5.21. The number of anilines is 1. The van der Waals surface area contributed by atoms with Crippen molar-refractivity contribution in [3.8, 4) is 11.4 Å². The summed E-state index contributed by atoms with van der Waals surface area (Å²) >= 11 is 0. The lowest BCUT2D eigenvalue weighted by Gasteiger charge is -2.23. The zero-order valence-electron chi connectivity index (χ0n) is 16.4. The van der Waals surface area contributed by atoms with Gasteiger partial charge in [0.2, 0.25) is 5.91 Å². The molecule has 0 spiro atoms. The second-order valence-electron chi connectivity index (χ2n) is 7.15. The lowest BCUT2D eigenvalue weighted by molar-refractivity contribution is -0.118. The summed E-state index contributed by atoms with van der Waals surface area (Å²) in [6.07, 6.45) is 3.08. The number of carbonyl (C=O) groups excluding carboxylic acids is 1. The van der Waals surface area contributed by atoms with Crippen LogP contribution >= 0.6 is 24.8 Å². The van der Waals surface area contributed by atoms with E-state index in [2.05, 4.69) is 15.6 Å². The van der Waals surface area contributed by atoms with Crippen LogP contribution in [0.4, 0.5) is 10.1 Å². The molecule has 1 aliphatic heterocycles. The molecule has 0 bridgehead atoms. The zero-order valence-corrected chi connectivity index (χ0v) is 18.0. The van der Waals surface area contributed by atoms with E-state index in [0.29, 0.717) is 5.52 Å². The molecule has 0 aliphatic carbocycles. The largest absolute Gasteiger partial charge is 0.327 e. The zero-order chi connectivity index (χ0) is 19.0. The SMILES string of the molecule is Cc1cc(-c2nc3cc(F)ccc3n2C)ccc1NC(=O)[C@H]1CCCCN1.Cl.Cl. The van der Waals surface area contributed by atoms with Gasteiger partial charge >= 0.3 is 0 Å². The smallest absolute Gasteiger partial charge is 0.241 e. The van der Waals surface area contributed by atoms with Gasteiger partial charge in [-0.1, -0.05) is 6.42 Å². The molecule has 0 unspecified atom stereocenters. The molecule has 1 saturated heterocycles. The Morgan fingerprint density at radius 2 is 2.00 bits per heavy atom. The number of nitrogens with one attached hydrogen (secondary N) is 2. The maximum Gasteiger partial charge on any atom is 0.241 e. The van der Waals surface area contributed by atoms with Gasteiger partial charge in [-0.2, -0.15) is 0 Å². The summed E-state index contributed by atoms with van der Waals surface area (Å²) in [6, 6.07) is 10.3. The standard InChI is InChI=1S/C21H23FN4O.2ClH/c1-13-11-14(20-24-18-12-15(22)7-9-19(18)26(20)2)6-8-16(13)25-21(27)17-5-3-4-10-23-17;;/h6-9,11-12,17,23H,3-5,10H2,1-2H3,(H,25,27);2*1H/t17-;;/m1../s1. The number of piperidine rings is 1. The van der Waals surface area contributed by atoms with Crippen molar-refractivity contribution in [2.45, 2.75) is 32.2 Å². The number of carbonyl (C=O) groups is 1. The number of imidazole rings is 1. The summed E-state index contributed by atoms with van der Waals surface area (Å²) in [4.78, 5) is 17.0. The Labute approximate surface area is 181 Å². The molecular formula is C21H25Cl2FN4O. The number of nitrogens with zero attached hydrogens (tertiary/aromatic N) is 2. The van der Waals surface area contributed by atoms with E-state index in [4.69, 9.17) is 0 Å². The highest BCUT2D eigenvalue weighted by molar-refractivity contribution is 5.95. The predicted molar refractivity (Wildman–Crippen MR) is 120 cm³/mol. The Morgan fingerprint density at radius 1 is 1.21 bits per heavy atom. The molecule has 8 heteroatoms. The van der Waals surface area contributed by atoms with Crippen molar-refractivity contribution < 1.29 is 9.18 Å². The number of hydrogen-bond acceptors (Lipinski definition) is 3.